The summed E-state index contributed by atoms with van der Waals surface area (Å²) < 4.78 is 29.3. The Morgan fingerprint density at radius 3 is 2.54 bits per heavy atom. The number of rotatable bonds is 8. The molecule has 0 spiro atoms. The van der Waals surface area contributed by atoms with E-state index in [1.807, 2.05) is 42.5 Å². The summed E-state index contributed by atoms with van der Waals surface area (Å²) in [6, 6.07) is 9.18. The first-order valence-corrected chi connectivity index (χ1v) is 14.0. The highest BCUT2D eigenvalue weighted by Gasteiger charge is 2.27. The zero-order valence-electron chi connectivity index (χ0n) is 20.9. The number of aryl methyl sites for hydroxylation is 2. The SMILES string of the molecule is CCN(CC)S(=O)(=O)c1ccc2c(c1)nc(CCC(=O)N1CCCCCC1c1ccncc1)n2C. The highest BCUT2D eigenvalue weighted by Crippen LogP contribution is 2.31. The molecule has 2 aromatic heterocycles. The monoisotopic (exact) mass is 497 g/mol. The third kappa shape index (κ3) is 5.26. The van der Waals surface area contributed by atoms with Gasteiger partial charge in [0.15, 0.2) is 0 Å². The van der Waals surface area contributed by atoms with Gasteiger partial charge >= 0.3 is 0 Å². The molecule has 9 heteroatoms. The number of sulfonamides is 1. The lowest BCUT2D eigenvalue weighted by atomic mass is 10.0. The molecule has 0 aliphatic carbocycles. The van der Waals surface area contributed by atoms with E-state index < -0.39 is 10.0 Å². The Morgan fingerprint density at radius 1 is 1.09 bits per heavy atom. The first-order valence-electron chi connectivity index (χ1n) is 12.5. The quantitative estimate of drug-likeness (QED) is 0.468. The number of hydrogen-bond acceptors (Lipinski definition) is 5. The van der Waals surface area contributed by atoms with Gasteiger partial charge in [-0.3, -0.25) is 9.78 Å². The van der Waals surface area contributed by atoms with Crippen molar-refractivity contribution in [1.82, 2.24) is 23.7 Å². The number of likely N-dealkylation sites (tertiary alicyclic amines) is 1. The average molecular weight is 498 g/mol. The zero-order valence-corrected chi connectivity index (χ0v) is 21.7. The van der Waals surface area contributed by atoms with Crippen LogP contribution in [0.15, 0.2) is 47.6 Å². The normalized spacial score (nSPS) is 17.1. The van der Waals surface area contributed by atoms with E-state index in [9.17, 15) is 13.2 Å². The molecule has 1 unspecified atom stereocenters. The molecule has 4 rings (SSSR count). The average Bonchev–Trinajstić information content (AvgIpc) is 3.02. The van der Waals surface area contributed by atoms with Gasteiger partial charge < -0.3 is 9.47 Å². The second-order valence-corrected chi connectivity index (χ2v) is 11.0. The van der Waals surface area contributed by atoms with Gasteiger partial charge in [0, 0.05) is 51.9 Å². The first-order chi connectivity index (χ1) is 16.9. The van der Waals surface area contributed by atoms with Crippen LogP contribution >= 0.6 is 0 Å². The van der Waals surface area contributed by atoms with Gasteiger partial charge in [0.2, 0.25) is 15.9 Å². The minimum Gasteiger partial charge on any atom is -0.336 e. The van der Waals surface area contributed by atoms with Crippen molar-refractivity contribution in [2.75, 3.05) is 19.6 Å². The largest absolute Gasteiger partial charge is 0.336 e. The molecule has 188 valence electrons. The van der Waals surface area contributed by atoms with Gasteiger partial charge in [0.25, 0.3) is 0 Å². The Labute approximate surface area is 208 Å². The van der Waals surface area contributed by atoms with E-state index in [1.165, 1.54) is 4.31 Å². The second kappa shape index (κ2) is 10.9. The van der Waals surface area contributed by atoms with Crippen LogP contribution in [0.3, 0.4) is 0 Å². The summed E-state index contributed by atoms with van der Waals surface area (Å²) in [5, 5.41) is 0. The molecule has 1 aliphatic heterocycles. The fraction of sp³-hybridized carbons (Fsp3) is 0.500. The number of pyridine rings is 1. The molecule has 1 amide bonds. The summed E-state index contributed by atoms with van der Waals surface area (Å²) in [6.07, 6.45) is 8.67. The summed E-state index contributed by atoms with van der Waals surface area (Å²) >= 11 is 0. The Morgan fingerprint density at radius 2 is 1.83 bits per heavy atom. The lowest BCUT2D eigenvalue weighted by molar-refractivity contribution is -0.133. The van der Waals surface area contributed by atoms with E-state index in [0.29, 0.717) is 31.4 Å². The topological polar surface area (TPSA) is 88.4 Å². The summed E-state index contributed by atoms with van der Waals surface area (Å²) in [6.45, 7) is 5.27. The summed E-state index contributed by atoms with van der Waals surface area (Å²) in [7, 11) is -1.64. The van der Waals surface area contributed by atoms with Gasteiger partial charge in [-0.15, -0.1) is 0 Å². The molecule has 3 heterocycles. The van der Waals surface area contributed by atoms with Crippen LogP contribution in [0, 0.1) is 0 Å². The van der Waals surface area contributed by atoms with Gasteiger partial charge in [-0.1, -0.05) is 26.7 Å². The summed E-state index contributed by atoms with van der Waals surface area (Å²) in [5.41, 5.74) is 2.63. The fourth-order valence-corrected chi connectivity index (χ4v) is 6.51. The Balaban J connectivity index is 1.53. The third-order valence-electron chi connectivity index (χ3n) is 7.01. The number of fused-ring (bicyclic) bond motifs is 1. The molecular formula is C26H35N5O3S. The van der Waals surface area contributed by atoms with Gasteiger partial charge in [-0.2, -0.15) is 4.31 Å². The molecule has 0 N–H and O–H groups in total. The van der Waals surface area contributed by atoms with Crippen LogP contribution in [0.4, 0.5) is 0 Å². The molecule has 1 aromatic carbocycles. The van der Waals surface area contributed by atoms with Gasteiger partial charge in [-0.25, -0.2) is 13.4 Å². The Kier molecular flexibility index (Phi) is 7.86. The molecule has 0 radical (unpaired) electrons. The number of nitrogens with zero attached hydrogens (tertiary/aromatic N) is 5. The molecule has 1 aliphatic rings. The summed E-state index contributed by atoms with van der Waals surface area (Å²) in [4.78, 5) is 24.5. The molecule has 1 atom stereocenters. The highest BCUT2D eigenvalue weighted by atomic mass is 32.2. The maximum atomic E-state index is 13.3. The number of hydrogen-bond donors (Lipinski definition) is 0. The van der Waals surface area contributed by atoms with Crippen molar-refractivity contribution >= 4 is 27.0 Å². The van der Waals surface area contributed by atoms with Crippen molar-refractivity contribution in [1.29, 1.82) is 0 Å². The molecule has 35 heavy (non-hydrogen) atoms. The van der Waals surface area contributed by atoms with E-state index in [4.69, 9.17) is 4.98 Å². The summed E-state index contributed by atoms with van der Waals surface area (Å²) in [5.74, 6) is 0.909. The van der Waals surface area contributed by atoms with Crippen molar-refractivity contribution in [3.63, 3.8) is 0 Å². The predicted octanol–water partition coefficient (Wildman–Crippen LogP) is 4.08. The zero-order chi connectivity index (χ0) is 25.0. The molecule has 0 bridgehead atoms. The van der Waals surface area contributed by atoms with E-state index in [1.54, 1.807) is 30.6 Å². The third-order valence-corrected chi connectivity index (χ3v) is 9.06. The van der Waals surface area contributed by atoms with E-state index in [2.05, 4.69) is 4.98 Å². The van der Waals surface area contributed by atoms with Gasteiger partial charge in [-0.05, 0) is 48.7 Å². The molecule has 0 saturated carbocycles. The lowest BCUT2D eigenvalue weighted by Crippen LogP contribution is -2.35. The van der Waals surface area contributed by atoms with E-state index in [0.717, 1.165) is 49.1 Å². The molecule has 1 fully saturated rings. The van der Waals surface area contributed by atoms with Crippen LogP contribution in [0.2, 0.25) is 0 Å². The maximum absolute atomic E-state index is 13.3. The number of imidazole rings is 1. The minimum absolute atomic E-state index is 0.0845. The molecule has 1 saturated heterocycles. The van der Waals surface area contributed by atoms with Crippen LogP contribution in [-0.4, -0.2) is 57.7 Å². The Hall–Kier alpha value is -2.78. The standard InChI is InChI=1S/C26H35N5O3S/c1-4-30(5-2)35(33,34)21-10-11-24-22(19-21)28-25(29(24)3)12-13-26(32)31-18-8-6-7-9-23(31)20-14-16-27-17-15-20/h10-11,14-17,19,23H,4-9,12-13,18H2,1-3H3. The highest BCUT2D eigenvalue weighted by molar-refractivity contribution is 7.89. The number of benzene rings is 1. The van der Waals surface area contributed by atoms with Crippen molar-refractivity contribution in [2.24, 2.45) is 7.05 Å². The fourth-order valence-electron chi connectivity index (χ4n) is 5.03. The van der Waals surface area contributed by atoms with Gasteiger partial charge in [0.1, 0.15) is 5.82 Å². The minimum atomic E-state index is -3.55. The van der Waals surface area contributed by atoms with E-state index in [-0.39, 0.29) is 16.8 Å². The molecular weight excluding hydrogens is 462 g/mol. The van der Waals surface area contributed by atoms with Crippen molar-refractivity contribution in [2.45, 2.75) is 63.3 Å². The number of carbonyl (C=O) groups is 1. The van der Waals surface area contributed by atoms with Crippen molar-refractivity contribution < 1.29 is 13.2 Å². The molecule has 8 nitrogen and oxygen atoms in total. The van der Waals surface area contributed by atoms with Crippen LogP contribution in [0.5, 0.6) is 0 Å². The predicted molar refractivity (Wildman–Crippen MR) is 136 cm³/mol. The molecule has 3 aromatic rings. The Bertz CT molecular complexity index is 1270. The maximum Gasteiger partial charge on any atom is 0.243 e. The first kappa shape index (κ1) is 25.3. The van der Waals surface area contributed by atoms with Crippen LogP contribution in [0.1, 0.15) is 63.4 Å². The van der Waals surface area contributed by atoms with Gasteiger partial charge in [0.05, 0.1) is 22.0 Å². The number of amides is 1. The number of carbonyl (C=O) groups excluding carboxylic acids is 1. The van der Waals surface area contributed by atoms with Crippen LogP contribution < -0.4 is 0 Å². The lowest BCUT2D eigenvalue weighted by Gasteiger charge is -2.30. The van der Waals surface area contributed by atoms with E-state index >= 15 is 0 Å². The van der Waals surface area contributed by atoms with Crippen LogP contribution in [0.25, 0.3) is 11.0 Å². The smallest absolute Gasteiger partial charge is 0.243 e. The van der Waals surface area contributed by atoms with Crippen molar-refractivity contribution in [3.8, 4) is 0 Å². The van der Waals surface area contributed by atoms with Crippen molar-refractivity contribution in [3.05, 3.63) is 54.1 Å². The number of aromatic nitrogens is 3. The second-order valence-electron chi connectivity index (χ2n) is 9.06. The van der Waals surface area contributed by atoms with Crippen LogP contribution in [-0.2, 0) is 28.3 Å².